The molecule has 3 aromatic rings. The molecule has 156 valence electrons. The number of hydrogen-bond donors (Lipinski definition) is 0. The van der Waals surface area contributed by atoms with Gasteiger partial charge in [0.1, 0.15) is 22.7 Å². The van der Waals surface area contributed by atoms with Crippen LogP contribution in [0.15, 0.2) is 52.1 Å². The molecular weight excluding hydrogens is 405 g/mol. The van der Waals surface area contributed by atoms with Crippen molar-refractivity contribution in [1.82, 2.24) is 15.0 Å². The smallest absolute Gasteiger partial charge is 0.256 e. The molecule has 0 radical (unpaired) electrons. The lowest BCUT2D eigenvalue weighted by Crippen LogP contribution is -2.42. The summed E-state index contributed by atoms with van der Waals surface area (Å²) in [6, 6.07) is 9.78. The van der Waals surface area contributed by atoms with Gasteiger partial charge in [-0.1, -0.05) is 17.3 Å². The van der Waals surface area contributed by atoms with E-state index in [0.29, 0.717) is 36.0 Å². The molecule has 1 aromatic carbocycles. The zero-order valence-electron chi connectivity index (χ0n) is 16.8. The molecule has 0 aliphatic carbocycles. The number of carbonyl (C=O) groups excluding carboxylic acids is 1. The molecule has 4 rings (SSSR count). The molecular formula is C22H22FN3O3S. The van der Waals surface area contributed by atoms with E-state index in [0.717, 1.165) is 22.6 Å². The average molecular weight is 428 g/mol. The molecule has 6 nitrogen and oxygen atoms in total. The second kappa shape index (κ2) is 8.97. The summed E-state index contributed by atoms with van der Waals surface area (Å²) in [5.41, 5.74) is 3.29. The van der Waals surface area contributed by atoms with Crippen LogP contribution in [0.1, 0.15) is 39.0 Å². The molecule has 1 atom stereocenters. The normalized spacial score (nSPS) is 16.6. The second-order valence-corrected chi connectivity index (χ2v) is 8.07. The zero-order valence-corrected chi connectivity index (χ0v) is 17.6. The highest BCUT2D eigenvalue weighted by Gasteiger charge is 2.28. The minimum Gasteiger partial charge on any atom is -0.370 e. The Morgan fingerprint density at radius 2 is 2.07 bits per heavy atom. The third-order valence-corrected chi connectivity index (χ3v) is 6.16. The highest BCUT2D eigenvalue weighted by Crippen LogP contribution is 2.29. The number of benzene rings is 1. The van der Waals surface area contributed by atoms with Crippen molar-refractivity contribution in [1.29, 1.82) is 0 Å². The maximum Gasteiger partial charge on any atom is 0.256 e. The maximum absolute atomic E-state index is 13.3. The van der Waals surface area contributed by atoms with Gasteiger partial charge >= 0.3 is 0 Å². The summed E-state index contributed by atoms with van der Waals surface area (Å²) in [5, 5.41) is 4.65. The Bertz CT molecular complexity index is 1020. The third kappa shape index (κ3) is 4.39. The molecule has 1 aliphatic heterocycles. The molecule has 3 heterocycles. The van der Waals surface area contributed by atoms with E-state index in [2.05, 4.69) is 10.1 Å². The van der Waals surface area contributed by atoms with E-state index >= 15 is 0 Å². The van der Waals surface area contributed by atoms with Gasteiger partial charge in [0.25, 0.3) is 5.91 Å². The predicted molar refractivity (Wildman–Crippen MR) is 111 cm³/mol. The van der Waals surface area contributed by atoms with Crippen LogP contribution < -0.4 is 0 Å². The molecule has 1 fully saturated rings. The van der Waals surface area contributed by atoms with Crippen molar-refractivity contribution in [3.63, 3.8) is 0 Å². The Kier molecular flexibility index (Phi) is 6.15. The van der Waals surface area contributed by atoms with Gasteiger partial charge in [0.2, 0.25) is 0 Å². The van der Waals surface area contributed by atoms with Gasteiger partial charge in [-0.3, -0.25) is 4.79 Å². The van der Waals surface area contributed by atoms with Crippen LogP contribution in [0.2, 0.25) is 0 Å². The molecule has 0 spiro atoms. The van der Waals surface area contributed by atoms with Crippen LogP contribution in [-0.2, 0) is 10.5 Å². The first-order valence-electron chi connectivity index (χ1n) is 9.69. The van der Waals surface area contributed by atoms with Gasteiger partial charge in [0, 0.05) is 24.1 Å². The summed E-state index contributed by atoms with van der Waals surface area (Å²) in [6.07, 6.45) is 1.41. The SMILES string of the molecule is Cc1noc(C)c1CSc1ncccc1C(=O)N1CCO[C@@H](c2ccc(F)cc2)C1. The number of halogens is 1. The lowest BCUT2D eigenvalue weighted by Gasteiger charge is -2.33. The van der Waals surface area contributed by atoms with Crippen LogP contribution in [0.3, 0.4) is 0 Å². The number of rotatable bonds is 5. The minimum atomic E-state index is -0.294. The highest BCUT2D eigenvalue weighted by molar-refractivity contribution is 7.98. The van der Waals surface area contributed by atoms with Crippen molar-refractivity contribution >= 4 is 17.7 Å². The van der Waals surface area contributed by atoms with Crippen LogP contribution in [-0.4, -0.2) is 40.6 Å². The summed E-state index contributed by atoms with van der Waals surface area (Å²) in [6.45, 7) is 5.12. The van der Waals surface area contributed by atoms with Crippen LogP contribution >= 0.6 is 11.8 Å². The number of aryl methyl sites for hydroxylation is 2. The Hall–Kier alpha value is -2.71. The lowest BCUT2D eigenvalue weighted by molar-refractivity contribution is -0.0229. The van der Waals surface area contributed by atoms with E-state index in [1.807, 2.05) is 13.8 Å². The molecule has 8 heteroatoms. The van der Waals surface area contributed by atoms with Gasteiger partial charge in [0.15, 0.2) is 0 Å². The van der Waals surface area contributed by atoms with Gasteiger partial charge in [-0.25, -0.2) is 9.37 Å². The number of carbonyl (C=O) groups is 1. The fraction of sp³-hybridized carbons (Fsp3) is 0.318. The number of pyridine rings is 1. The first kappa shape index (κ1) is 20.6. The van der Waals surface area contributed by atoms with E-state index in [4.69, 9.17) is 9.26 Å². The molecule has 0 N–H and O–H groups in total. The topological polar surface area (TPSA) is 68.5 Å². The van der Waals surface area contributed by atoms with E-state index in [-0.39, 0.29) is 17.8 Å². The molecule has 0 saturated carbocycles. The quantitative estimate of drug-likeness (QED) is 0.565. The van der Waals surface area contributed by atoms with Crippen LogP contribution in [0.5, 0.6) is 0 Å². The van der Waals surface area contributed by atoms with E-state index in [9.17, 15) is 9.18 Å². The number of thioether (sulfide) groups is 1. The number of amides is 1. The standard InChI is InChI=1S/C22H22FN3O3S/c1-14-19(15(2)29-25-14)13-30-21-18(4-3-9-24-21)22(27)26-10-11-28-20(12-26)16-5-7-17(23)8-6-16/h3-9,20H,10-13H2,1-2H3/t20-/m1/s1. The summed E-state index contributed by atoms with van der Waals surface area (Å²) in [4.78, 5) is 19.5. The minimum absolute atomic E-state index is 0.0835. The summed E-state index contributed by atoms with van der Waals surface area (Å²) >= 11 is 1.49. The number of hydrogen-bond acceptors (Lipinski definition) is 6. The molecule has 1 amide bonds. The van der Waals surface area contributed by atoms with Gasteiger partial charge in [-0.15, -0.1) is 11.8 Å². The average Bonchev–Trinajstić information content (AvgIpc) is 3.10. The van der Waals surface area contributed by atoms with E-state index in [1.54, 1.807) is 35.4 Å². The summed E-state index contributed by atoms with van der Waals surface area (Å²) in [5.74, 6) is 1.02. The Morgan fingerprint density at radius 3 is 2.80 bits per heavy atom. The number of aromatic nitrogens is 2. The molecule has 30 heavy (non-hydrogen) atoms. The van der Waals surface area contributed by atoms with Crippen LogP contribution in [0.4, 0.5) is 4.39 Å². The summed E-state index contributed by atoms with van der Waals surface area (Å²) in [7, 11) is 0. The highest BCUT2D eigenvalue weighted by atomic mass is 32.2. The van der Waals surface area contributed by atoms with Crippen molar-refractivity contribution in [3.8, 4) is 0 Å². The van der Waals surface area contributed by atoms with Crippen LogP contribution in [0, 0.1) is 19.7 Å². The first-order valence-corrected chi connectivity index (χ1v) is 10.7. The molecule has 1 saturated heterocycles. The van der Waals surface area contributed by atoms with Crippen molar-refractivity contribution in [2.24, 2.45) is 0 Å². The van der Waals surface area contributed by atoms with Gasteiger partial charge in [-0.05, 0) is 43.7 Å². The fourth-order valence-corrected chi connectivity index (χ4v) is 4.54. The summed E-state index contributed by atoms with van der Waals surface area (Å²) < 4.78 is 24.3. The molecule has 2 aromatic heterocycles. The fourth-order valence-electron chi connectivity index (χ4n) is 3.40. The number of ether oxygens (including phenoxy) is 1. The van der Waals surface area contributed by atoms with Crippen molar-refractivity contribution < 1.29 is 18.4 Å². The van der Waals surface area contributed by atoms with Gasteiger partial charge in [-0.2, -0.15) is 0 Å². The van der Waals surface area contributed by atoms with Gasteiger partial charge in [0.05, 0.1) is 24.4 Å². The van der Waals surface area contributed by atoms with E-state index < -0.39 is 0 Å². The Morgan fingerprint density at radius 1 is 1.27 bits per heavy atom. The molecule has 0 bridgehead atoms. The molecule has 0 unspecified atom stereocenters. The van der Waals surface area contributed by atoms with Crippen molar-refractivity contribution in [3.05, 3.63) is 76.6 Å². The number of nitrogens with zero attached hydrogens (tertiary/aromatic N) is 3. The van der Waals surface area contributed by atoms with Crippen molar-refractivity contribution in [2.75, 3.05) is 19.7 Å². The largest absolute Gasteiger partial charge is 0.370 e. The van der Waals surface area contributed by atoms with Gasteiger partial charge < -0.3 is 14.2 Å². The Balaban J connectivity index is 1.49. The van der Waals surface area contributed by atoms with Crippen LogP contribution in [0.25, 0.3) is 0 Å². The van der Waals surface area contributed by atoms with E-state index in [1.165, 1.54) is 23.9 Å². The monoisotopic (exact) mass is 427 g/mol. The van der Waals surface area contributed by atoms with Crippen molar-refractivity contribution in [2.45, 2.75) is 30.7 Å². The second-order valence-electron chi connectivity index (χ2n) is 7.11. The maximum atomic E-state index is 13.3. The predicted octanol–water partition coefficient (Wildman–Crippen LogP) is 4.33. The number of morpholine rings is 1. The molecule has 1 aliphatic rings. The first-order chi connectivity index (χ1) is 14.5. The third-order valence-electron chi connectivity index (χ3n) is 5.13. The Labute approximate surface area is 178 Å². The lowest BCUT2D eigenvalue weighted by atomic mass is 10.1. The zero-order chi connectivity index (χ0) is 21.1.